The highest BCUT2D eigenvalue weighted by molar-refractivity contribution is 7.99. The number of hydrogen-bond acceptors (Lipinski definition) is 7. The van der Waals surface area contributed by atoms with Gasteiger partial charge < -0.3 is 14.4 Å². The first-order valence-electron chi connectivity index (χ1n) is 9.78. The summed E-state index contributed by atoms with van der Waals surface area (Å²) in [5, 5.41) is 1.25. The normalized spacial score (nSPS) is 10.8. The Morgan fingerprint density at radius 3 is 2.44 bits per heavy atom. The molecule has 1 amide bonds. The molecule has 1 heterocycles. The summed E-state index contributed by atoms with van der Waals surface area (Å²) in [5.74, 6) is 2.19. The van der Waals surface area contributed by atoms with Crippen LogP contribution >= 0.6 is 47.1 Å². The lowest BCUT2D eigenvalue weighted by Crippen LogP contribution is -2.36. The van der Waals surface area contributed by atoms with Crippen molar-refractivity contribution in [3.05, 3.63) is 41.4 Å². The third-order valence-electron chi connectivity index (χ3n) is 4.61. The topological polar surface area (TPSA) is 54.9 Å². The van der Waals surface area contributed by atoms with Crippen LogP contribution in [0.25, 0.3) is 10.2 Å². The number of thiazole rings is 1. The second-order valence-electron chi connectivity index (χ2n) is 7.05. The molecule has 3 aromatic rings. The molecule has 32 heavy (non-hydrogen) atoms. The summed E-state index contributed by atoms with van der Waals surface area (Å²) in [6, 6.07) is 11.4. The molecule has 0 fully saturated rings. The number of fused-ring (bicyclic) bond motifs is 1. The molecule has 3 rings (SSSR count). The Hall–Kier alpha value is -1.71. The molecule has 0 aliphatic carbocycles. The van der Waals surface area contributed by atoms with Gasteiger partial charge in [-0.1, -0.05) is 22.9 Å². The van der Waals surface area contributed by atoms with E-state index in [-0.39, 0.29) is 18.3 Å². The van der Waals surface area contributed by atoms with E-state index < -0.39 is 0 Å². The molecule has 0 aliphatic heterocycles. The minimum atomic E-state index is 0. The molecule has 10 heteroatoms. The fourth-order valence-corrected chi connectivity index (χ4v) is 5.05. The predicted molar refractivity (Wildman–Crippen MR) is 138 cm³/mol. The second kappa shape index (κ2) is 12.5. The highest BCUT2D eigenvalue weighted by Gasteiger charge is 2.22. The SMILES string of the molecule is COc1ccc(SCCC(=O)N(CCN(C)C)c2nc3c(OC)ccc(Cl)c3s2)cc1.Cl. The van der Waals surface area contributed by atoms with Gasteiger partial charge in [0.05, 0.1) is 23.9 Å². The van der Waals surface area contributed by atoms with E-state index in [0.717, 1.165) is 21.9 Å². The molecule has 2 aromatic carbocycles. The number of likely N-dealkylation sites (N-methyl/N-ethyl adjacent to an activating group) is 1. The number of hydrogen-bond donors (Lipinski definition) is 0. The van der Waals surface area contributed by atoms with Crippen molar-refractivity contribution in [2.24, 2.45) is 0 Å². The van der Waals surface area contributed by atoms with Crippen molar-refractivity contribution >= 4 is 68.4 Å². The van der Waals surface area contributed by atoms with Gasteiger partial charge >= 0.3 is 0 Å². The molecular formula is C22H27Cl2N3O3S2. The first kappa shape index (κ1) is 26.5. The minimum absolute atomic E-state index is 0. The number of nitrogens with zero attached hydrogens (tertiary/aromatic N) is 3. The summed E-state index contributed by atoms with van der Waals surface area (Å²) in [7, 11) is 7.22. The molecule has 1 aromatic heterocycles. The Morgan fingerprint density at radius 1 is 1.09 bits per heavy atom. The van der Waals surface area contributed by atoms with E-state index in [0.29, 0.717) is 40.1 Å². The van der Waals surface area contributed by atoms with Gasteiger partial charge in [0.2, 0.25) is 5.91 Å². The van der Waals surface area contributed by atoms with Gasteiger partial charge in [-0.05, 0) is 50.5 Å². The van der Waals surface area contributed by atoms with Crippen molar-refractivity contribution in [3.8, 4) is 11.5 Å². The zero-order valence-corrected chi connectivity index (χ0v) is 21.7. The molecule has 0 radical (unpaired) electrons. The standard InChI is InChI=1S/C22H26ClN3O3S2.ClH/c1-25(2)12-13-26(19(27)11-14-30-16-7-5-15(28-3)6-8-16)22-24-20-18(29-4)10-9-17(23)21(20)31-22;/h5-10H,11-14H2,1-4H3;1H. The number of carbonyl (C=O) groups excluding carboxylic acids is 1. The van der Waals surface area contributed by atoms with E-state index >= 15 is 0 Å². The molecule has 174 valence electrons. The third kappa shape index (κ3) is 6.65. The fourth-order valence-electron chi connectivity index (χ4n) is 2.91. The maximum absolute atomic E-state index is 13.1. The van der Waals surface area contributed by atoms with Crippen LogP contribution in [0.1, 0.15) is 6.42 Å². The molecule has 0 atom stereocenters. The number of methoxy groups -OCH3 is 2. The average Bonchev–Trinajstić information content (AvgIpc) is 3.20. The maximum Gasteiger partial charge on any atom is 0.229 e. The summed E-state index contributed by atoms with van der Waals surface area (Å²) < 4.78 is 11.4. The number of halogens is 2. The van der Waals surface area contributed by atoms with Crippen LogP contribution in [0.5, 0.6) is 11.5 Å². The van der Waals surface area contributed by atoms with Crippen LogP contribution in [0.4, 0.5) is 5.13 Å². The van der Waals surface area contributed by atoms with Crippen molar-refractivity contribution in [2.75, 3.05) is 52.1 Å². The van der Waals surface area contributed by atoms with Crippen molar-refractivity contribution in [2.45, 2.75) is 11.3 Å². The van der Waals surface area contributed by atoms with Crippen LogP contribution in [0, 0.1) is 0 Å². The number of rotatable bonds is 10. The van der Waals surface area contributed by atoms with E-state index in [2.05, 4.69) is 0 Å². The number of carbonyl (C=O) groups is 1. The van der Waals surface area contributed by atoms with Gasteiger partial charge in [0.1, 0.15) is 17.0 Å². The van der Waals surface area contributed by atoms with Crippen molar-refractivity contribution < 1.29 is 14.3 Å². The van der Waals surface area contributed by atoms with Gasteiger partial charge in [0, 0.05) is 30.2 Å². The molecule has 6 nitrogen and oxygen atoms in total. The van der Waals surface area contributed by atoms with E-state index in [4.69, 9.17) is 26.1 Å². The van der Waals surface area contributed by atoms with Crippen molar-refractivity contribution in [1.29, 1.82) is 0 Å². The highest BCUT2D eigenvalue weighted by Crippen LogP contribution is 2.39. The van der Waals surface area contributed by atoms with Crippen molar-refractivity contribution in [3.63, 3.8) is 0 Å². The average molecular weight is 517 g/mol. The molecular weight excluding hydrogens is 489 g/mol. The molecule has 0 N–H and O–H groups in total. The smallest absolute Gasteiger partial charge is 0.229 e. The summed E-state index contributed by atoms with van der Waals surface area (Å²) in [6.45, 7) is 1.29. The van der Waals surface area contributed by atoms with Gasteiger partial charge in [-0.3, -0.25) is 9.69 Å². The lowest BCUT2D eigenvalue weighted by Gasteiger charge is -2.22. The van der Waals surface area contributed by atoms with Gasteiger partial charge in [-0.2, -0.15) is 0 Å². The fraction of sp³-hybridized carbons (Fsp3) is 0.364. The molecule has 0 unspecified atom stereocenters. The summed E-state index contributed by atoms with van der Waals surface area (Å²) in [4.78, 5) is 22.8. The number of ether oxygens (including phenoxy) is 2. The quantitative estimate of drug-likeness (QED) is 0.334. The van der Waals surface area contributed by atoms with Crippen LogP contribution in [0.3, 0.4) is 0 Å². The third-order valence-corrected chi connectivity index (χ3v) is 7.17. The molecule has 0 saturated heterocycles. The van der Waals surface area contributed by atoms with Gasteiger partial charge in [-0.25, -0.2) is 4.98 Å². The Labute approximate surface area is 208 Å². The number of amides is 1. The van der Waals surface area contributed by atoms with Crippen molar-refractivity contribution in [1.82, 2.24) is 9.88 Å². The second-order valence-corrected chi connectivity index (χ2v) is 9.60. The minimum Gasteiger partial charge on any atom is -0.497 e. The summed E-state index contributed by atoms with van der Waals surface area (Å²) in [6.07, 6.45) is 0.408. The number of anilines is 1. The van der Waals surface area contributed by atoms with E-state index in [1.807, 2.05) is 43.3 Å². The van der Waals surface area contributed by atoms with Crippen LogP contribution in [0.15, 0.2) is 41.3 Å². The summed E-state index contributed by atoms with van der Waals surface area (Å²) in [5.41, 5.74) is 0.685. The lowest BCUT2D eigenvalue weighted by atomic mass is 10.3. The zero-order chi connectivity index (χ0) is 22.4. The zero-order valence-electron chi connectivity index (χ0n) is 18.5. The van der Waals surface area contributed by atoms with Gasteiger partial charge in [-0.15, -0.1) is 24.2 Å². The largest absolute Gasteiger partial charge is 0.497 e. The molecule has 0 aliphatic rings. The highest BCUT2D eigenvalue weighted by atomic mass is 35.5. The number of aromatic nitrogens is 1. The van der Waals surface area contributed by atoms with Crippen LogP contribution in [0.2, 0.25) is 5.02 Å². The predicted octanol–water partition coefficient (Wildman–Crippen LogP) is 5.47. The summed E-state index contributed by atoms with van der Waals surface area (Å²) >= 11 is 9.44. The molecule has 0 bridgehead atoms. The number of thioether (sulfide) groups is 1. The lowest BCUT2D eigenvalue weighted by molar-refractivity contribution is -0.118. The van der Waals surface area contributed by atoms with Gasteiger partial charge in [0.15, 0.2) is 5.13 Å². The van der Waals surface area contributed by atoms with E-state index in [9.17, 15) is 4.79 Å². The Balaban J connectivity index is 0.00000363. The van der Waals surface area contributed by atoms with Gasteiger partial charge in [0.25, 0.3) is 0 Å². The van der Waals surface area contributed by atoms with E-state index in [1.54, 1.807) is 43.0 Å². The van der Waals surface area contributed by atoms with E-state index in [1.165, 1.54) is 11.3 Å². The first-order valence-corrected chi connectivity index (χ1v) is 12.0. The number of benzene rings is 2. The van der Waals surface area contributed by atoms with Crippen LogP contribution < -0.4 is 14.4 Å². The monoisotopic (exact) mass is 515 g/mol. The first-order chi connectivity index (χ1) is 14.9. The van der Waals surface area contributed by atoms with Crippen LogP contribution in [-0.2, 0) is 4.79 Å². The van der Waals surface area contributed by atoms with Crippen LogP contribution in [-0.4, -0.2) is 62.9 Å². The molecule has 0 spiro atoms. The Kier molecular flexibility index (Phi) is 10.4. The Morgan fingerprint density at radius 2 is 1.81 bits per heavy atom. The Bertz CT molecular complexity index is 1030. The maximum atomic E-state index is 13.1. The molecule has 0 saturated carbocycles.